The maximum absolute atomic E-state index is 11.0. The zero-order chi connectivity index (χ0) is 14.5. The van der Waals surface area contributed by atoms with Crippen LogP contribution in [-0.2, 0) is 4.79 Å². The standard InChI is InChI=1S/C16H19N3O/c1-4-19(15-7-5-6-12(2)10-15)16-9-8-14(11-17-16)18-13(3)20/h5-11H,4H2,1-3H3,(H,18,20). The lowest BCUT2D eigenvalue weighted by Gasteiger charge is -2.22. The highest BCUT2D eigenvalue weighted by atomic mass is 16.1. The average molecular weight is 269 g/mol. The summed E-state index contributed by atoms with van der Waals surface area (Å²) in [7, 11) is 0. The van der Waals surface area contributed by atoms with Crippen LogP contribution in [-0.4, -0.2) is 17.4 Å². The molecule has 0 radical (unpaired) electrons. The highest BCUT2D eigenvalue weighted by molar-refractivity contribution is 5.88. The third-order valence-electron chi connectivity index (χ3n) is 2.97. The van der Waals surface area contributed by atoms with Crippen LogP contribution in [0, 0.1) is 6.92 Å². The number of aryl methyl sites for hydroxylation is 1. The third kappa shape index (κ3) is 3.35. The predicted octanol–water partition coefficient (Wildman–Crippen LogP) is 3.51. The topological polar surface area (TPSA) is 45.2 Å². The Bertz CT molecular complexity index is 593. The van der Waals surface area contributed by atoms with E-state index in [1.807, 2.05) is 18.2 Å². The molecule has 0 aliphatic heterocycles. The number of nitrogens with zero attached hydrogens (tertiary/aromatic N) is 2. The summed E-state index contributed by atoms with van der Waals surface area (Å²) in [5, 5.41) is 2.72. The van der Waals surface area contributed by atoms with E-state index in [1.54, 1.807) is 6.20 Å². The van der Waals surface area contributed by atoms with Gasteiger partial charge in [-0.3, -0.25) is 4.79 Å². The van der Waals surface area contributed by atoms with Crippen LogP contribution in [0.4, 0.5) is 17.2 Å². The van der Waals surface area contributed by atoms with E-state index in [-0.39, 0.29) is 5.91 Å². The molecule has 0 spiro atoms. The van der Waals surface area contributed by atoms with Crippen molar-refractivity contribution in [2.24, 2.45) is 0 Å². The minimum atomic E-state index is -0.0921. The quantitative estimate of drug-likeness (QED) is 0.923. The van der Waals surface area contributed by atoms with Crippen molar-refractivity contribution < 1.29 is 4.79 Å². The number of pyridine rings is 1. The molecular weight excluding hydrogens is 250 g/mol. The molecule has 0 saturated heterocycles. The molecule has 0 atom stereocenters. The van der Waals surface area contributed by atoms with Gasteiger partial charge >= 0.3 is 0 Å². The van der Waals surface area contributed by atoms with Gasteiger partial charge in [0.2, 0.25) is 5.91 Å². The first kappa shape index (κ1) is 14.1. The van der Waals surface area contributed by atoms with Crippen LogP contribution in [0.2, 0.25) is 0 Å². The maximum Gasteiger partial charge on any atom is 0.221 e. The summed E-state index contributed by atoms with van der Waals surface area (Å²) in [6.45, 7) is 6.48. The van der Waals surface area contributed by atoms with Crippen LogP contribution in [0.3, 0.4) is 0 Å². The summed E-state index contributed by atoms with van der Waals surface area (Å²) in [6, 6.07) is 12.1. The van der Waals surface area contributed by atoms with E-state index in [2.05, 4.69) is 47.2 Å². The minimum absolute atomic E-state index is 0.0921. The molecular formula is C16H19N3O. The lowest BCUT2D eigenvalue weighted by molar-refractivity contribution is -0.114. The summed E-state index contributed by atoms with van der Waals surface area (Å²) in [5.41, 5.74) is 3.05. The van der Waals surface area contributed by atoms with E-state index < -0.39 is 0 Å². The van der Waals surface area contributed by atoms with Gasteiger partial charge in [-0.1, -0.05) is 12.1 Å². The molecule has 2 rings (SSSR count). The summed E-state index contributed by atoms with van der Waals surface area (Å²) in [4.78, 5) is 17.5. The van der Waals surface area contributed by atoms with E-state index in [4.69, 9.17) is 0 Å². The van der Waals surface area contributed by atoms with E-state index in [1.165, 1.54) is 12.5 Å². The summed E-state index contributed by atoms with van der Waals surface area (Å²) < 4.78 is 0. The van der Waals surface area contributed by atoms with Crippen molar-refractivity contribution in [2.75, 3.05) is 16.8 Å². The smallest absolute Gasteiger partial charge is 0.221 e. The number of nitrogens with one attached hydrogen (secondary N) is 1. The normalized spacial score (nSPS) is 10.2. The molecule has 104 valence electrons. The fourth-order valence-electron chi connectivity index (χ4n) is 2.10. The number of amides is 1. The molecule has 0 saturated carbocycles. The maximum atomic E-state index is 11.0. The summed E-state index contributed by atoms with van der Waals surface area (Å²) >= 11 is 0. The third-order valence-corrected chi connectivity index (χ3v) is 2.97. The molecule has 0 aliphatic rings. The molecule has 1 aromatic heterocycles. The second-order valence-electron chi connectivity index (χ2n) is 4.67. The molecule has 4 heteroatoms. The van der Waals surface area contributed by atoms with E-state index >= 15 is 0 Å². The molecule has 1 N–H and O–H groups in total. The minimum Gasteiger partial charge on any atom is -0.327 e. The molecule has 0 aliphatic carbocycles. The number of hydrogen-bond acceptors (Lipinski definition) is 3. The highest BCUT2D eigenvalue weighted by Crippen LogP contribution is 2.24. The molecule has 4 nitrogen and oxygen atoms in total. The van der Waals surface area contributed by atoms with Gasteiger partial charge < -0.3 is 10.2 Å². The van der Waals surface area contributed by atoms with Crippen LogP contribution < -0.4 is 10.2 Å². The fourth-order valence-corrected chi connectivity index (χ4v) is 2.10. The monoisotopic (exact) mass is 269 g/mol. The van der Waals surface area contributed by atoms with Gasteiger partial charge in [0.05, 0.1) is 11.9 Å². The van der Waals surface area contributed by atoms with Gasteiger partial charge in [0.1, 0.15) is 5.82 Å². The lowest BCUT2D eigenvalue weighted by Crippen LogP contribution is -2.17. The van der Waals surface area contributed by atoms with E-state index in [0.29, 0.717) is 5.69 Å². The van der Waals surface area contributed by atoms with Gasteiger partial charge in [-0.25, -0.2) is 4.98 Å². The molecule has 0 unspecified atom stereocenters. The second kappa shape index (κ2) is 6.19. The number of benzene rings is 1. The summed E-state index contributed by atoms with van der Waals surface area (Å²) in [6.07, 6.45) is 1.68. The molecule has 0 fully saturated rings. The number of carbonyl (C=O) groups is 1. The Morgan fingerprint density at radius 2 is 2.10 bits per heavy atom. The van der Waals surface area contributed by atoms with Crippen molar-refractivity contribution in [3.05, 3.63) is 48.2 Å². The van der Waals surface area contributed by atoms with E-state index in [0.717, 1.165) is 18.1 Å². The van der Waals surface area contributed by atoms with Crippen molar-refractivity contribution in [2.45, 2.75) is 20.8 Å². The predicted molar refractivity (Wildman–Crippen MR) is 82.4 cm³/mol. The Morgan fingerprint density at radius 1 is 1.30 bits per heavy atom. The Balaban J connectivity index is 2.26. The molecule has 1 heterocycles. The first-order valence-electron chi connectivity index (χ1n) is 6.68. The van der Waals surface area contributed by atoms with Crippen LogP contribution in [0.1, 0.15) is 19.4 Å². The number of anilines is 3. The van der Waals surface area contributed by atoms with Crippen LogP contribution in [0.25, 0.3) is 0 Å². The van der Waals surface area contributed by atoms with Crippen molar-refractivity contribution in [3.8, 4) is 0 Å². The molecule has 1 aromatic carbocycles. The van der Waals surface area contributed by atoms with Crippen molar-refractivity contribution in [3.63, 3.8) is 0 Å². The SMILES string of the molecule is CCN(c1cccc(C)c1)c1ccc(NC(C)=O)cn1. The average Bonchev–Trinajstić information content (AvgIpc) is 2.41. The molecule has 20 heavy (non-hydrogen) atoms. The molecule has 2 aromatic rings. The highest BCUT2D eigenvalue weighted by Gasteiger charge is 2.08. The van der Waals surface area contributed by atoms with Crippen molar-refractivity contribution >= 4 is 23.1 Å². The number of hydrogen-bond donors (Lipinski definition) is 1. The van der Waals surface area contributed by atoms with Gasteiger partial charge in [0.15, 0.2) is 0 Å². The van der Waals surface area contributed by atoms with Crippen LogP contribution in [0.5, 0.6) is 0 Å². The van der Waals surface area contributed by atoms with Gasteiger partial charge in [0.25, 0.3) is 0 Å². The van der Waals surface area contributed by atoms with Gasteiger partial charge in [-0.05, 0) is 43.7 Å². The molecule has 1 amide bonds. The summed E-state index contributed by atoms with van der Waals surface area (Å²) in [5.74, 6) is 0.776. The lowest BCUT2D eigenvalue weighted by atomic mass is 10.2. The van der Waals surface area contributed by atoms with Gasteiger partial charge in [-0.2, -0.15) is 0 Å². The zero-order valence-electron chi connectivity index (χ0n) is 12.1. The fraction of sp³-hybridized carbons (Fsp3) is 0.250. The van der Waals surface area contributed by atoms with Crippen molar-refractivity contribution in [1.82, 2.24) is 4.98 Å². The Hall–Kier alpha value is -2.36. The van der Waals surface area contributed by atoms with E-state index in [9.17, 15) is 4.79 Å². The van der Waals surface area contributed by atoms with Crippen molar-refractivity contribution in [1.29, 1.82) is 0 Å². The van der Waals surface area contributed by atoms with Crippen LogP contribution >= 0.6 is 0 Å². The largest absolute Gasteiger partial charge is 0.327 e. The Kier molecular flexibility index (Phi) is 4.35. The number of rotatable bonds is 4. The van der Waals surface area contributed by atoms with Gasteiger partial charge in [-0.15, -0.1) is 0 Å². The second-order valence-corrected chi connectivity index (χ2v) is 4.67. The Morgan fingerprint density at radius 3 is 2.65 bits per heavy atom. The molecule has 0 bridgehead atoms. The number of aromatic nitrogens is 1. The number of carbonyl (C=O) groups excluding carboxylic acids is 1. The zero-order valence-corrected chi connectivity index (χ0v) is 12.1. The Labute approximate surface area is 119 Å². The first-order valence-corrected chi connectivity index (χ1v) is 6.68. The van der Waals surface area contributed by atoms with Crippen LogP contribution in [0.15, 0.2) is 42.6 Å². The van der Waals surface area contributed by atoms with Gasteiger partial charge in [0, 0.05) is 19.2 Å². The first-order chi connectivity index (χ1) is 9.60.